The second-order valence-corrected chi connectivity index (χ2v) is 27.6. The van der Waals surface area contributed by atoms with E-state index in [0.29, 0.717) is 128 Å². The van der Waals surface area contributed by atoms with Crippen molar-refractivity contribution in [2.45, 2.75) is 156 Å². The van der Waals surface area contributed by atoms with E-state index in [1.807, 2.05) is 24.3 Å². The number of hydrogen-bond acceptors (Lipinski definition) is 28. The fourth-order valence-corrected chi connectivity index (χ4v) is 13.0. The Kier molecular flexibility index (Phi) is 47.0. The molecule has 654 valence electrons. The number of Topliss-reactive ketones (excluding diaryl/α,β-unsaturated/α-hetero) is 1. The van der Waals surface area contributed by atoms with Crippen LogP contribution in [0.25, 0.3) is 10.4 Å². The second kappa shape index (κ2) is 58.0. The molecule has 0 spiro atoms. The fourth-order valence-electron chi connectivity index (χ4n) is 12.4. The lowest BCUT2D eigenvalue weighted by molar-refractivity contribution is -0.123. The summed E-state index contributed by atoms with van der Waals surface area (Å²) >= 11 is 14.1. The molecule has 38 heteroatoms. The van der Waals surface area contributed by atoms with Crippen LogP contribution in [0.4, 0.5) is 0 Å². The van der Waals surface area contributed by atoms with E-state index in [2.05, 4.69) is 158 Å². The molecule has 0 aromatic heterocycles. The minimum absolute atomic E-state index is 0.0790. The van der Waals surface area contributed by atoms with E-state index in [-0.39, 0.29) is 77.8 Å². The highest BCUT2D eigenvalue weighted by molar-refractivity contribution is 7.79. The number of aromatic hydroxyl groups is 4. The molecule has 6 aromatic carbocycles. The van der Waals surface area contributed by atoms with Crippen LogP contribution in [-0.2, 0) is 14.3 Å². The van der Waals surface area contributed by atoms with Gasteiger partial charge in [-0.15, -0.1) is 0 Å². The van der Waals surface area contributed by atoms with Crippen molar-refractivity contribution < 1.29 is 102 Å². The Morgan fingerprint density at radius 3 is 1.30 bits per heavy atom. The number of nitrogens with zero attached hydrogens (tertiary/aromatic N) is 3. The van der Waals surface area contributed by atoms with E-state index in [1.165, 1.54) is 6.07 Å². The summed E-state index contributed by atoms with van der Waals surface area (Å²) < 4.78 is 58.7. The topological polar surface area (TPSA) is 461 Å². The van der Waals surface area contributed by atoms with Crippen molar-refractivity contribution in [3.05, 3.63) is 213 Å². The minimum atomic E-state index is -1.05. The van der Waals surface area contributed by atoms with Gasteiger partial charge in [0.2, 0.25) is 11.5 Å². The van der Waals surface area contributed by atoms with Gasteiger partial charge in [-0.3, -0.25) is 28.8 Å². The molecule has 3 heterocycles. The molecule has 6 unspecified atom stereocenters. The number of phenolic OH excluding ortho intramolecular Hbond substituents is 4. The highest BCUT2D eigenvalue weighted by Crippen LogP contribution is 2.37. The Morgan fingerprint density at radius 2 is 0.858 bits per heavy atom. The quantitative estimate of drug-likeness (QED) is 0.00366. The number of aliphatic hydroxyl groups is 4. The molecule has 0 radical (unpaired) electrons. The van der Waals surface area contributed by atoms with Crippen LogP contribution in [0, 0.1) is 0 Å². The van der Waals surface area contributed by atoms with Gasteiger partial charge in [-0.1, -0.05) is 47.6 Å². The summed E-state index contributed by atoms with van der Waals surface area (Å²) in [4.78, 5) is 89.2. The third-order valence-corrected chi connectivity index (χ3v) is 19.9. The molecule has 1 saturated carbocycles. The summed E-state index contributed by atoms with van der Waals surface area (Å²) in [5.74, 6) is -2.91. The number of phenols is 4. The van der Waals surface area contributed by atoms with Crippen LogP contribution in [0.2, 0.25) is 0 Å². The van der Waals surface area contributed by atoms with Crippen LogP contribution in [0.5, 0.6) is 46.0 Å². The van der Waals surface area contributed by atoms with Crippen LogP contribution in [0.3, 0.4) is 0 Å². The van der Waals surface area contributed by atoms with Crippen molar-refractivity contribution in [2.75, 3.05) is 51.2 Å². The van der Waals surface area contributed by atoms with Crippen molar-refractivity contribution in [1.82, 2.24) is 31.9 Å². The van der Waals surface area contributed by atoms with E-state index in [9.17, 15) is 54.0 Å². The van der Waals surface area contributed by atoms with Crippen molar-refractivity contribution in [3.8, 4) is 46.0 Å². The lowest BCUT2D eigenvalue weighted by Crippen LogP contribution is -2.49. The van der Waals surface area contributed by atoms with E-state index in [1.54, 1.807) is 122 Å². The van der Waals surface area contributed by atoms with Gasteiger partial charge < -0.3 is 100 Å². The third kappa shape index (κ3) is 35.0. The van der Waals surface area contributed by atoms with E-state index >= 15 is 0 Å². The fraction of sp³-hybridized carbons (Fsp3) is 0.402. The van der Waals surface area contributed by atoms with Crippen LogP contribution in [0.1, 0.15) is 151 Å². The average molecular weight is 1820 g/mol. The van der Waals surface area contributed by atoms with E-state index < -0.39 is 70.2 Å². The Bertz CT molecular complexity index is 4350. The maximum atomic E-state index is 13.0. The highest BCUT2D eigenvalue weighted by Gasteiger charge is 2.38. The maximum Gasteiger partial charge on any atom is 0.338 e. The Balaban J connectivity index is 0.000000327. The molecule has 3 saturated heterocycles. The average Bonchev–Trinajstić information content (AvgIpc) is 0.965. The first kappa shape index (κ1) is 97.2. The first-order valence-electron chi connectivity index (χ1n) is 39.6. The number of hydrogen-bond donors (Lipinski definition) is 18. The van der Waals surface area contributed by atoms with Crippen LogP contribution in [-0.4, -0.2) is 212 Å². The standard InChI is InChI=1S/C27H27N2O9P.C13H19N2O3P.C13H16NO4P.C13H16NO3P.C6H9N3O.C6H8O.4CH4S/c30-18-3-1-4-19(31)23(18)25(34)24-20(32)11-15(12-21(24)33)27(36)37-22-5-2-10-28-13-17(22)29-26(35)14-6-8-16(38-39)9-7-14;16-12-2-1-7-14-8-11(12)15-13(17)9-3-5-10(18-19)6-4-9;15-9-3-6-12(16)11(7-9)14-13(17)8-1-4-10(18-19)5-2-8;15-12-4-2-1-3-11(12)14-13(16)9-5-7-10(17-18)8-6-9;7-9-8-5-3-1-2-4-6(5)10;1-2-4-6-5(3-1)7-6;4*1-2/h1,3-4,6-9,11-12,17,22,28,30-33H,2,5,10,13,39H2,(H,29,35);3-6,11-12,14,16H,1-2,7-8,19H2,(H,15,17);1-2,4-5,11-12,16H,3,6-7,19H2,(H,14,17);1-2,5-8,11-12,15H,3-4,18H2,(H,14,16);1-2,5-6,10H,3-4H2;1-2,5-6H,3-4H2;4*2H,1H3/t17-,22-;3*11-,12-;5-,6+;;;;;/m11110...../s1/i;2*16T;15T;10T;;;;;. The molecule has 30 nitrogen and oxygen atoms in total. The highest BCUT2D eigenvalue weighted by atomic mass is 32.1. The molecular formula is C82H111N9O21P4S4. The number of esters is 1. The minimum Gasteiger partial charge on any atom is -0.507 e. The number of benzene rings is 6. The Hall–Kier alpha value is -8.22. The number of rotatable bonds is 21. The number of carbonyl (C=O) groups excluding carboxylic acids is 7. The molecule has 7 aliphatic rings. The SMILES string of the molecule is C1=CCC2OC2C1.CS.CS.CS.CS.O=C(N[C@@H]1CNCCC[C@H]1OC(=O)c1cc(O)c(C(=O)c2c(O)cccc2O)c(O)c1)c1ccc(OP)cc1.[3H]O[C@@H]1CC=CC[C@@H]1N=[N+]=[N-].[3H]O[C@@H]1CC=CC[C@H]1NC(=O)c1ccc(OP)cc1.[3H]O[C@@H]1CCC(=O)C[C@H]1NC(=O)c1ccc(OP)cc1.[3H]O[C@@H]1CCCNC[C@H]1NC(=O)c1ccc(OP)cc1. The lowest BCUT2D eigenvalue weighted by atomic mass is 9.91. The third-order valence-electron chi connectivity index (χ3n) is 18.8. The van der Waals surface area contributed by atoms with Crippen LogP contribution < -0.4 is 50.0 Å². The van der Waals surface area contributed by atoms with Crippen molar-refractivity contribution in [3.63, 3.8) is 0 Å². The number of carbonyl (C=O) groups is 7. The van der Waals surface area contributed by atoms with Gasteiger partial charge in [-0.25, -0.2) is 4.79 Å². The van der Waals surface area contributed by atoms with Gasteiger partial charge in [0.05, 0.1) is 110 Å². The molecule has 16 atom stereocenters. The summed E-state index contributed by atoms with van der Waals surface area (Å²) in [6.45, 7) is 2.48. The number of fused-ring (bicyclic) bond motifs is 1. The van der Waals surface area contributed by atoms with E-state index in [4.69, 9.17) is 43.9 Å². The van der Waals surface area contributed by atoms with Gasteiger partial charge in [0.15, 0.2) is 0 Å². The summed E-state index contributed by atoms with van der Waals surface area (Å²) in [7, 11) is 8.57. The lowest BCUT2D eigenvalue weighted by Gasteiger charge is -2.27. The molecular weight excluding hydrogens is 1700 g/mol. The first-order valence-corrected chi connectivity index (χ1v) is 43.4. The largest absolute Gasteiger partial charge is 0.507 e. The normalized spacial score (nSPS) is 22.2. The first-order chi connectivity index (χ1) is 60.2. The number of aliphatic hydroxyl groups excluding tert-OH is 4. The number of ether oxygens (including phenoxy) is 2. The zero-order chi connectivity index (χ0) is 91.5. The molecule has 14 N–H and O–H groups in total. The molecule has 0 bridgehead atoms. The van der Waals surface area contributed by atoms with Gasteiger partial charge in [-0.2, -0.15) is 50.5 Å². The molecule has 13 rings (SSSR count). The Morgan fingerprint density at radius 1 is 0.475 bits per heavy atom. The predicted octanol–water partition coefficient (Wildman–Crippen LogP) is 10.7. The zero-order valence-electron chi connectivity index (χ0n) is 70.7. The summed E-state index contributed by atoms with van der Waals surface area (Å²) in [6.07, 6.45) is 27.1. The monoisotopic (exact) mass is 1820 g/mol. The summed E-state index contributed by atoms with van der Waals surface area (Å²) in [5, 5.41) is 80.7. The molecule has 4 amide bonds. The number of amides is 4. The predicted molar refractivity (Wildman–Crippen MR) is 488 cm³/mol. The van der Waals surface area contributed by atoms with Crippen molar-refractivity contribution in [1.29, 1.82) is 5.72 Å². The Labute approximate surface area is 736 Å². The van der Waals surface area contributed by atoms with Gasteiger partial charge in [0.25, 0.3) is 23.6 Å². The van der Waals surface area contributed by atoms with Gasteiger partial charge >= 0.3 is 5.97 Å². The molecule has 120 heavy (non-hydrogen) atoms. The number of epoxide rings is 1. The second-order valence-electron chi connectivity index (χ2n) is 26.7. The summed E-state index contributed by atoms with van der Waals surface area (Å²) in [6, 6.07) is 30.8. The van der Waals surface area contributed by atoms with Crippen molar-refractivity contribution >= 4 is 130 Å². The maximum absolute atomic E-state index is 13.0. The van der Waals surface area contributed by atoms with Gasteiger partial charge in [-0.05, 0) is 236 Å². The van der Waals surface area contributed by atoms with Crippen LogP contribution in [0.15, 0.2) is 169 Å². The smallest absolute Gasteiger partial charge is 0.338 e. The molecule has 3 aliphatic heterocycles. The van der Waals surface area contributed by atoms with Crippen molar-refractivity contribution in [2.24, 2.45) is 5.11 Å². The molecule has 6 aromatic rings. The number of thiol groups is 4. The summed E-state index contributed by atoms with van der Waals surface area (Å²) in [5.41, 5.74) is 8.77. The number of nitrogens with one attached hydrogen (secondary N) is 6. The van der Waals surface area contributed by atoms with Gasteiger partial charge in [0.1, 0.15) is 69.0 Å². The van der Waals surface area contributed by atoms with Crippen LogP contribution >= 0.6 is 88.4 Å². The number of azide groups is 1. The zero-order valence-corrected chi connectivity index (χ0v) is 74.9. The molecule has 4 aliphatic carbocycles. The number of ketones is 2. The van der Waals surface area contributed by atoms with E-state index in [0.717, 1.165) is 56.5 Å². The van der Waals surface area contributed by atoms with Gasteiger partial charge in [0, 0.05) is 53.1 Å². The molecule has 4 fully saturated rings.